The third-order valence-electron chi connectivity index (χ3n) is 6.05. The number of hydrogen-bond acceptors (Lipinski definition) is 3. The van der Waals surface area contributed by atoms with E-state index in [4.69, 9.17) is 0 Å². The summed E-state index contributed by atoms with van der Waals surface area (Å²) in [6, 6.07) is 5.14. The lowest BCUT2D eigenvalue weighted by atomic mass is 9.98. The van der Waals surface area contributed by atoms with Crippen LogP contribution in [-0.4, -0.2) is 33.6 Å². The number of aromatic nitrogens is 3. The van der Waals surface area contributed by atoms with Gasteiger partial charge in [0.25, 0.3) is 5.56 Å². The predicted octanol–water partition coefficient (Wildman–Crippen LogP) is 3.70. The maximum atomic E-state index is 14.4. The van der Waals surface area contributed by atoms with E-state index in [1.165, 1.54) is 16.9 Å². The van der Waals surface area contributed by atoms with Crippen molar-refractivity contribution in [1.29, 1.82) is 0 Å². The third kappa shape index (κ3) is 3.12. The summed E-state index contributed by atoms with van der Waals surface area (Å²) in [5.41, 5.74) is 0.600. The Balaban J connectivity index is 1.70. The number of nitrogens with zero attached hydrogens (tertiary/aromatic N) is 3. The van der Waals surface area contributed by atoms with E-state index in [0.717, 1.165) is 18.2 Å². The van der Waals surface area contributed by atoms with Crippen LogP contribution < -0.4 is 10.9 Å². The first kappa shape index (κ1) is 19.3. The lowest BCUT2D eigenvalue weighted by Gasteiger charge is -2.26. The number of rotatable bonds is 2. The maximum absolute atomic E-state index is 14.4. The first-order valence-electron chi connectivity index (χ1n) is 10.0. The van der Waals surface area contributed by atoms with Crippen molar-refractivity contribution in [1.82, 2.24) is 19.7 Å². The zero-order chi connectivity index (χ0) is 21.0. The molecule has 0 amide bonds. The zero-order valence-electron chi connectivity index (χ0n) is 16.0. The van der Waals surface area contributed by atoms with Gasteiger partial charge in [-0.25, -0.2) is 4.39 Å². The molecule has 2 aliphatic rings. The molecule has 0 bridgehead atoms. The molecule has 1 aromatic carbocycles. The van der Waals surface area contributed by atoms with Crippen molar-refractivity contribution < 1.29 is 17.6 Å². The van der Waals surface area contributed by atoms with Crippen molar-refractivity contribution in [2.75, 3.05) is 13.1 Å². The molecule has 158 valence electrons. The Morgan fingerprint density at radius 1 is 1.20 bits per heavy atom. The number of fused-ring (bicyclic) bond motifs is 2. The molecule has 1 N–H and O–H groups in total. The van der Waals surface area contributed by atoms with Crippen LogP contribution in [-0.2, 0) is 19.1 Å². The van der Waals surface area contributed by atoms with E-state index >= 15 is 0 Å². The normalized spacial score (nSPS) is 21.9. The number of alkyl halides is 4. The summed E-state index contributed by atoms with van der Waals surface area (Å²) >= 11 is 0. The molecule has 5 nitrogen and oxygen atoms in total. The number of piperidine rings is 1. The molecule has 1 fully saturated rings. The number of pyridine rings is 1. The van der Waals surface area contributed by atoms with Crippen molar-refractivity contribution in [3.05, 3.63) is 52.1 Å². The summed E-state index contributed by atoms with van der Waals surface area (Å²) < 4.78 is 59.0. The SMILES string of the molecule is O=c1ccc(-c2cc(C(F)(F)F)c3nn([C@@H]4CCNC[C@H]4F)cc3c2)c2n1CCC2. The first-order valence-corrected chi connectivity index (χ1v) is 10.0. The van der Waals surface area contributed by atoms with Gasteiger partial charge >= 0.3 is 6.18 Å². The minimum absolute atomic E-state index is 0.143. The number of nitrogens with one attached hydrogen (secondary N) is 1. The second-order valence-corrected chi connectivity index (χ2v) is 7.93. The average Bonchev–Trinajstić information content (AvgIpc) is 3.34. The predicted molar refractivity (Wildman–Crippen MR) is 104 cm³/mol. The van der Waals surface area contributed by atoms with Crippen molar-refractivity contribution in [2.24, 2.45) is 0 Å². The van der Waals surface area contributed by atoms with Gasteiger partial charge in [-0.3, -0.25) is 9.48 Å². The highest BCUT2D eigenvalue weighted by Gasteiger charge is 2.36. The summed E-state index contributed by atoms with van der Waals surface area (Å²) in [6.45, 7) is 1.31. The lowest BCUT2D eigenvalue weighted by Crippen LogP contribution is -2.39. The second-order valence-electron chi connectivity index (χ2n) is 7.93. The van der Waals surface area contributed by atoms with Gasteiger partial charge in [0.05, 0.1) is 11.6 Å². The second kappa shape index (κ2) is 6.94. The minimum atomic E-state index is -4.61. The van der Waals surface area contributed by atoms with Crippen LogP contribution in [0.1, 0.15) is 30.1 Å². The van der Waals surface area contributed by atoms with Crippen LogP contribution in [0, 0.1) is 0 Å². The van der Waals surface area contributed by atoms with E-state index in [1.54, 1.807) is 16.7 Å². The van der Waals surface area contributed by atoms with Crippen LogP contribution in [0.25, 0.3) is 22.0 Å². The fourth-order valence-corrected chi connectivity index (χ4v) is 4.60. The van der Waals surface area contributed by atoms with Crippen molar-refractivity contribution in [3.63, 3.8) is 0 Å². The van der Waals surface area contributed by atoms with Crippen LogP contribution in [0.4, 0.5) is 17.6 Å². The van der Waals surface area contributed by atoms with Gasteiger partial charge in [-0.15, -0.1) is 0 Å². The molecule has 1 saturated heterocycles. The first-order chi connectivity index (χ1) is 14.3. The van der Waals surface area contributed by atoms with Crippen LogP contribution in [0.3, 0.4) is 0 Å². The number of halogens is 4. The van der Waals surface area contributed by atoms with E-state index in [-0.39, 0.29) is 17.6 Å². The van der Waals surface area contributed by atoms with Crippen LogP contribution in [0.5, 0.6) is 0 Å². The quantitative estimate of drug-likeness (QED) is 0.644. The molecule has 5 rings (SSSR count). The molecule has 2 atom stereocenters. The van der Waals surface area contributed by atoms with Gasteiger partial charge < -0.3 is 9.88 Å². The van der Waals surface area contributed by atoms with Crippen LogP contribution in [0.15, 0.2) is 35.3 Å². The van der Waals surface area contributed by atoms with Gasteiger partial charge in [0.15, 0.2) is 0 Å². The van der Waals surface area contributed by atoms with E-state index in [9.17, 15) is 22.4 Å². The molecule has 30 heavy (non-hydrogen) atoms. The molecule has 0 unspecified atom stereocenters. The molecule has 3 aromatic rings. The molecular formula is C21H20F4N4O. The van der Waals surface area contributed by atoms with Gasteiger partial charge in [0, 0.05) is 42.0 Å². The molecular weight excluding hydrogens is 400 g/mol. The van der Waals surface area contributed by atoms with Crippen molar-refractivity contribution in [2.45, 2.75) is 44.2 Å². The van der Waals surface area contributed by atoms with E-state index in [1.807, 2.05) is 0 Å². The number of hydrogen-bond donors (Lipinski definition) is 1. The molecule has 4 heterocycles. The Labute approximate surface area is 169 Å². The molecule has 0 radical (unpaired) electrons. The van der Waals surface area contributed by atoms with Crippen molar-refractivity contribution in [3.8, 4) is 11.1 Å². The minimum Gasteiger partial charge on any atom is -0.314 e. The summed E-state index contributed by atoms with van der Waals surface area (Å²) in [5, 5.41) is 7.40. The Morgan fingerprint density at radius 2 is 2.03 bits per heavy atom. The van der Waals surface area contributed by atoms with E-state index in [0.29, 0.717) is 42.4 Å². The highest BCUT2D eigenvalue weighted by molar-refractivity contribution is 5.88. The highest BCUT2D eigenvalue weighted by atomic mass is 19.4. The van der Waals surface area contributed by atoms with Crippen LogP contribution in [0.2, 0.25) is 0 Å². The van der Waals surface area contributed by atoms with Gasteiger partial charge in [-0.05, 0) is 49.6 Å². The molecule has 0 aliphatic carbocycles. The summed E-state index contributed by atoms with van der Waals surface area (Å²) in [7, 11) is 0. The molecule has 2 aromatic heterocycles. The van der Waals surface area contributed by atoms with Gasteiger partial charge in [0.2, 0.25) is 0 Å². The smallest absolute Gasteiger partial charge is 0.314 e. The Hall–Kier alpha value is -2.68. The Kier molecular flexibility index (Phi) is 4.46. The topological polar surface area (TPSA) is 51.9 Å². The van der Waals surface area contributed by atoms with Gasteiger partial charge in [-0.2, -0.15) is 18.3 Å². The van der Waals surface area contributed by atoms with E-state index in [2.05, 4.69) is 10.4 Å². The van der Waals surface area contributed by atoms with E-state index < -0.39 is 24.0 Å². The van der Waals surface area contributed by atoms with Gasteiger partial charge in [0.1, 0.15) is 11.7 Å². The molecule has 0 saturated carbocycles. The van der Waals surface area contributed by atoms with Crippen molar-refractivity contribution >= 4 is 10.9 Å². The highest BCUT2D eigenvalue weighted by Crippen LogP contribution is 2.39. The lowest BCUT2D eigenvalue weighted by molar-refractivity contribution is -0.136. The molecule has 2 aliphatic heterocycles. The number of benzene rings is 1. The summed E-state index contributed by atoms with van der Waals surface area (Å²) in [4.78, 5) is 12.1. The third-order valence-corrected chi connectivity index (χ3v) is 6.05. The Morgan fingerprint density at radius 3 is 2.80 bits per heavy atom. The molecule has 0 spiro atoms. The summed E-state index contributed by atoms with van der Waals surface area (Å²) in [5.74, 6) is 0. The maximum Gasteiger partial charge on any atom is 0.418 e. The zero-order valence-corrected chi connectivity index (χ0v) is 16.0. The average molecular weight is 420 g/mol. The largest absolute Gasteiger partial charge is 0.418 e. The standard InChI is InChI=1S/C21H20F4N4O/c22-16-10-26-6-5-18(16)29-11-13-8-12(9-15(20(13)27-29)21(23,24)25)14-3-4-19(30)28-7-1-2-17(14)28/h3-4,8-9,11,16,18,26H,1-2,5-7,10H2/t16-,18-/m1/s1. The summed E-state index contributed by atoms with van der Waals surface area (Å²) in [6.07, 6.45) is -2.43. The monoisotopic (exact) mass is 420 g/mol. The molecule has 9 heteroatoms. The fourth-order valence-electron chi connectivity index (χ4n) is 4.60. The fraction of sp³-hybridized carbons (Fsp3) is 0.429. The van der Waals surface area contributed by atoms with Gasteiger partial charge in [-0.1, -0.05) is 0 Å². The Bertz CT molecular complexity index is 1180. The van der Waals surface area contributed by atoms with Crippen LogP contribution >= 0.6 is 0 Å².